The van der Waals surface area contributed by atoms with E-state index in [-0.39, 0.29) is 31.8 Å². The molecule has 0 atom stereocenters. The van der Waals surface area contributed by atoms with E-state index in [1.165, 1.54) is 0 Å². The molecule has 0 aliphatic carbocycles. The minimum atomic E-state index is -2.62. The molecule has 1 aliphatic heterocycles. The zero-order valence-electron chi connectivity index (χ0n) is 14.2. The number of nitrogens with zero attached hydrogens (tertiary/aromatic N) is 1. The molecule has 2 rings (SSSR count). The van der Waals surface area contributed by atoms with Gasteiger partial charge in [-0.15, -0.1) is 0 Å². The van der Waals surface area contributed by atoms with Crippen LogP contribution in [0.5, 0.6) is 0 Å². The van der Waals surface area contributed by atoms with Crippen LogP contribution in [0.15, 0.2) is 18.2 Å². The topological polar surface area (TPSA) is 20.3 Å². The lowest BCUT2D eigenvalue weighted by molar-refractivity contribution is -0.0494. The van der Waals surface area contributed by atoms with Gasteiger partial charge in [0.15, 0.2) is 0 Å². The van der Waals surface area contributed by atoms with Gasteiger partial charge in [-0.1, -0.05) is 39.8 Å². The Morgan fingerprint density at radius 2 is 1.73 bits per heavy atom. The van der Waals surface area contributed by atoms with Crippen molar-refractivity contribution in [1.82, 2.24) is 4.90 Å². The first-order valence-electron chi connectivity index (χ1n) is 8.08. The Labute approximate surface area is 132 Å². The maximum Gasteiger partial charge on any atom is 0.254 e. The zero-order valence-corrected chi connectivity index (χ0v) is 14.2. The molecule has 0 N–H and O–H groups in total. The smallest absolute Gasteiger partial charge is 0.254 e. The maximum atomic E-state index is 13.2. The number of hydrogen-bond donors (Lipinski definition) is 0. The van der Waals surface area contributed by atoms with Gasteiger partial charge in [0, 0.05) is 31.5 Å². The van der Waals surface area contributed by atoms with E-state index in [1.807, 2.05) is 39.0 Å². The van der Waals surface area contributed by atoms with Crippen LogP contribution in [0.3, 0.4) is 0 Å². The molecule has 0 saturated carbocycles. The Morgan fingerprint density at radius 3 is 2.23 bits per heavy atom. The predicted molar refractivity (Wildman–Crippen MR) is 86.7 cm³/mol. The van der Waals surface area contributed by atoms with Gasteiger partial charge in [-0.05, 0) is 30.0 Å². The standard InChI is InChI=1S/C16H21F2NO.C2H6/c1-11(2)13-5-4-12(3)14(10-13)15(20)19-8-6-16(17,18)7-9-19;1-2/h4-5,10-11H,6-9H2,1-3H3;1-2H3. The van der Waals surface area contributed by atoms with Crippen molar-refractivity contribution in [3.05, 3.63) is 34.9 Å². The molecular weight excluding hydrogens is 284 g/mol. The fourth-order valence-electron chi connectivity index (χ4n) is 2.44. The fourth-order valence-corrected chi connectivity index (χ4v) is 2.44. The van der Waals surface area contributed by atoms with Crippen LogP contribution in [0.4, 0.5) is 8.78 Å². The average molecular weight is 311 g/mol. The summed E-state index contributed by atoms with van der Waals surface area (Å²) in [5.41, 5.74) is 2.64. The Balaban J connectivity index is 0.00000116. The van der Waals surface area contributed by atoms with Gasteiger partial charge in [0.05, 0.1) is 0 Å². The number of carbonyl (C=O) groups excluding carboxylic acids is 1. The SMILES string of the molecule is CC.Cc1ccc(C(C)C)cc1C(=O)N1CCC(F)(F)CC1. The molecule has 1 saturated heterocycles. The van der Waals surface area contributed by atoms with Gasteiger partial charge in [-0.2, -0.15) is 0 Å². The molecule has 1 fully saturated rings. The number of likely N-dealkylation sites (tertiary alicyclic amines) is 1. The molecule has 0 aromatic heterocycles. The third-order valence-electron chi connectivity index (χ3n) is 3.94. The first-order valence-corrected chi connectivity index (χ1v) is 8.08. The van der Waals surface area contributed by atoms with Crippen molar-refractivity contribution in [1.29, 1.82) is 0 Å². The largest absolute Gasteiger partial charge is 0.338 e. The summed E-state index contributed by atoms with van der Waals surface area (Å²) in [5.74, 6) is -2.40. The molecule has 1 heterocycles. The van der Waals surface area contributed by atoms with E-state index in [4.69, 9.17) is 0 Å². The van der Waals surface area contributed by atoms with Gasteiger partial charge < -0.3 is 4.90 Å². The number of aryl methyl sites for hydroxylation is 1. The highest BCUT2D eigenvalue weighted by Crippen LogP contribution is 2.29. The Hall–Kier alpha value is -1.45. The number of hydrogen-bond acceptors (Lipinski definition) is 1. The van der Waals surface area contributed by atoms with Crippen molar-refractivity contribution < 1.29 is 13.6 Å². The summed E-state index contributed by atoms with van der Waals surface area (Å²) in [6.45, 7) is 10.3. The highest BCUT2D eigenvalue weighted by Gasteiger charge is 2.36. The van der Waals surface area contributed by atoms with E-state index >= 15 is 0 Å². The second kappa shape index (κ2) is 7.70. The van der Waals surface area contributed by atoms with Gasteiger partial charge in [-0.3, -0.25) is 4.79 Å². The number of alkyl halides is 2. The molecule has 0 spiro atoms. The van der Waals surface area contributed by atoms with Crippen LogP contribution in [-0.2, 0) is 0 Å². The number of halogens is 2. The summed E-state index contributed by atoms with van der Waals surface area (Å²) in [6.07, 6.45) is -0.469. The van der Waals surface area contributed by atoms with E-state index < -0.39 is 5.92 Å². The van der Waals surface area contributed by atoms with Crippen molar-refractivity contribution in [2.24, 2.45) is 0 Å². The molecule has 124 valence electrons. The van der Waals surface area contributed by atoms with Gasteiger partial charge >= 0.3 is 0 Å². The Morgan fingerprint density at radius 1 is 1.18 bits per heavy atom. The summed E-state index contributed by atoms with van der Waals surface area (Å²) in [5, 5.41) is 0. The summed E-state index contributed by atoms with van der Waals surface area (Å²) < 4.78 is 26.3. The highest BCUT2D eigenvalue weighted by atomic mass is 19.3. The average Bonchev–Trinajstić information content (AvgIpc) is 2.49. The summed E-state index contributed by atoms with van der Waals surface area (Å²) >= 11 is 0. The molecule has 1 aliphatic rings. The second-order valence-corrected chi connectivity index (χ2v) is 5.88. The van der Waals surface area contributed by atoms with Crippen LogP contribution >= 0.6 is 0 Å². The molecule has 4 heteroatoms. The number of carbonyl (C=O) groups is 1. The third kappa shape index (κ3) is 4.52. The van der Waals surface area contributed by atoms with Crippen molar-refractivity contribution in [3.63, 3.8) is 0 Å². The van der Waals surface area contributed by atoms with Gasteiger partial charge in [-0.25, -0.2) is 8.78 Å². The van der Waals surface area contributed by atoms with Crippen LogP contribution in [0.25, 0.3) is 0 Å². The minimum absolute atomic E-state index is 0.125. The first kappa shape index (κ1) is 18.6. The van der Waals surface area contributed by atoms with Crippen LogP contribution in [0.2, 0.25) is 0 Å². The molecule has 1 amide bonds. The predicted octanol–water partition coefficient (Wildman–Crippen LogP) is 5.02. The maximum absolute atomic E-state index is 13.2. The normalized spacial score (nSPS) is 17.0. The molecule has 0 bridgehead atoms. The van der Waals surface area contributed by atoms with Gasteiger partial charge in [0.2, 0.25) is 0 Å². The first-order chi connectivity index (χ1) is 10.3. The number of rotatable bonds is 2. The van der Waals surface area contributed by atoms with Crippen LogP contribution in [0.1, 0.15) is 67.9 Å². The Bertz CT molecular complexity index is 502. The summed E-state index contributed by atoms with van der Waals surface area (Å²) in [7, 11) is 0. The van der Waals surface area contributed by atoms with E-state index in [0.29, 0.717) is 11.5 Å². The summed E-state index contributed by atoms with van der Waals surface area (Å²) in [4.78, 5) is 14.0. The lowest BCUT2D eigenvalue weighted by Crippen LogP contribution is -2.42. The van der Waals surface area contributed by atoms with E-state index in [0.717, 1.165) is 11.1 Å². The molecule has 1 aromatic carbocycles. The number of amides is 1. The van der Waals surface area contributed by atoms with Crippen molar-refractivity contribution in [3.8, 4) is 0 Å². The van der Waals surface area contributed by atoms with Gasteiger partial charge in [0.1, 0.15) is 0 Å². The number of benzene rings is 1. The Kier molecular flexibility index (Phi) is 6.51. The second-order valence-electron chi connectivity index (χ2n) is 5.88. The summed E-state index contributed by atoms with van der Waals surface area (Å²) in [6, 6.07) is 5.84. The van der Waals surface area contributed by atoms with Crippen molar-refractivity contribution >= 4 is 5.91 Å². The van der Waals surface area contributed by atoms with Gasteiger partial charge in [0.25, 0.3) is 11.8 Å². The quantitative estimate of drug-likeness (QED) is 0.751. The van der Waals surface area contributed by atoms with Crippen LogP contribution in [-0.4, -0.2) is 29.8 Å². The minimum Gasteiger partial charge on any atom is -0.338 e. The van der Waals surface area contributed by atoms with E-state index in [9.17, 15) is 13.6 Å². The van der Waals surface area contributed by atoms with Crippen molar-refractivity contribution in [2.75, 3.05) is 13.1 Å². The highest BCUT2D eigenvalue weighted by molar-refractivity contribution is 5.96. The molecular formula is C18H27F2NO. The zero-order chi connectivity index (χ0) is 16.9. The fraction of sp³-hybridized carbons (Fsp3) is 0.611. The molecule has 22 heavy (non-hydrogen) atoms. The van der Waals surface area contributed by atoms with E-state index in [2.05, 4.69) is 13.8 Å². The molecule has 0 unspecified atom stereocenters. The molecule has 0 radical (unpaired) electrons. The van der Waals surface area contributed by atoms with Crippen molar-refractivity contribution in [2.45, 2.75) is 59.3 Å². The lowest BCUT2D eigenvalue weighted by atomic mass is 9.96. The monoisotopic (exact) mass is 311 g/mol. The third-order valence-corrected chi connectivity index (χ3v) is 3.94. The van der Waals surface area contributed by atoms with Crippen LogP contribution < -0.4 is 0 Å². The van der Waals surface area contributed by atoms with E-state index in [1.54, 1.807) is 4.90 Å². The molecule has 2 nitrogen and oxygen atoms in total. The van der Waals surface area contributed by atoms with Crippen LogP contribution in [0, 0.1) is 6.92 Å². The number of piperidine rings is 1. The molecule has 1 aromatic rings. The lowest BCUT2D eigenvalue weighted by Gasteiger charge is -2.32.